The fourth-order valence-corrected chi connectivity index (χ4v) is 3.03. The van der Waals surface area contributed by atoms with E-state index in [0.717, 1.165) is 49.1 Å². The third-order valence-electron chi connectivity index (χ3n) is 4.24. The maximum absolute atomic E-state index is 6.24. The third kappa shape index (κ3) is 4.20. The fourth-order valence-electron chi connectivity index (χ4n) is 3.03. The number of ether oxygens (including phenoxy) is 1. The molecule has 1 aliphatic heterocycles. The first-order valence-electron chi connectivity index (χ1n) is 8.21. The first kappa shape index (κ1) is 20.3. The van der Waals surface area contributed by atoms with Crippen LogP contribution in [0.3, 0.4) is 0 Å². The summed E-state index contributed by atoms with van der Waals surface area (Å²) in [6.07, 6.45) is 8.78. The van der Waals surface area contributed by atoms with E-state index >= 15 is 0 Å². The van der Waals surface area contributed by atoms with Crippen molar-refractivity contribution in [2.75, 3.05) is 18.8 Å². The van der Waals surface area contributed by atoms with E-state index in [1.54, 1.807) is 21.5 Å². The van der Waals surface area contributed by atoms with Crippen LogP contribution in [0.1, 0.15) is 19.3 Å². The van der Waals surface area contributed by atoms with Crippen LogP contribution in [0.5, 0.6) is 5.88 Å². The lowest BCUT2D eigenvalue weighted by Crippen LogP contribution is -2.20. The van der Waals surface area contributed by atoms with Crippen LogP contribution in [0, 0.1) is 0 Å². The summed E-state index contributed by atoms with van der Waals surface area (Å²) in [5.74, 6) is 1.03. The van der Waals surface area contributed by atoms with Gasteiger partial charge >= 0.3 is 0 Å². The van der Waals surface area contributed by atoms with Gasteiger partial charge in [-0.25, -0.2) is 9.50 Å². The van der Waals surface area contributed by atoms with Crippen LogP contribution >= 0.6 is 24.8 Å². The maximum Gasteiger partial charge on any atom is 0.241 e. The average molecular weight is 400 g/mol. The summed E-state index contributed by atoms with van der Waals surface area (Å²) >= 11 is 0. The van der Waals surface area contributed by atoms with E-state index in [4.69, 9.17) is 15.5 Å². The molecule has 0 aliphatic carbocycles. The van der Waals surface area contributed by atoms with Gasteiger partial charge in [-0.2, -0.15) is 10.2 Å². The predicted molar refractivity (Wildman–Crippen MR) is 105 cm³/mol. The molecule has 3 N–H and O–H groups in total. The van der Waals surface area contributed by atoms with Crippen molar-refractivity contribution in [2.24, 2.45) is 7.05 Å². The van der Waals surface area contributed by atoms with E-state index in [0.29, 0.717) is 11.7 Å². The molecule has 3 aromatic heterocycles. The lowest BCUT2D eigenvalue weighted by atomic mass is 10.1. The van der Waals surface area contributed by atoms with E-state index in [2.05, 4.69) is 15.5 Å². The third-order valence-corrected chi connectivity index (χ3v) is 4.24. The van der Waals surface area contributed by atoms with Gasteiger partial charge < -0.3 is 15.8 Å². The molecular weight excluding hydrogens is 377 g/mol. The van der Waals surface area contributed by atoms with Crippen LogP contribution in [-0.2, 0) is 7.05 Å². The molecule has 1 saturated heterocycles. The van der Waals surface area contributed by atoms with Crippen molar-refractivity contribution in [1.29, 1.82) is 0 Å². The molecule has 1 atom stereocenters. The van der Waals surface area contributed by atoms with E-state index in [-0.39, 0.29) is 30.9 Å². The van der Waals surface area contributed by atoms with Gasteiger partial charge in [-0.15, -0.1) is 24.8 Å². The highest BCUT2D eigenvalue weighted by atomic mass is 35.5. The normalized spacial score (nSPS) is 17.2. The minimum Gasteiger partial charge on any atom is -0.473 e. The zero-order chi connectivity index (χ0) is 16.5. The average Bonchev–Trinajstić information content (AvgIpc) is 3.05. The number of aryl methyl sites for hydroxylation is 1. The molecule has 0 radical (unpaired) electrons. The van der Waals surface area contributed by atoms with Crippen LogP contribution < -0.4 is 15.8 Å². The highest BCUT2D eigenvalue weighted by Crippen LogP contribution is 2.27. The summed E-state index contributed by atoms with van der Waals surface area (Å²) in [6.45, 7) is 2.00. The number of rotatable bonds is 3. The van der Waals surface area contributed by atoms with Gasteiger partial charge in [0.05, 0.1) is 18.1 Å². The predicted octanol–water partition coefficient (Wildman–Crippen LogP) is 2.08. The Bertz CT molecular complexity index is 856. The number of nitrogens with two attached hydrogens (primary N) is 1. The van der Waals surface area contributed by atoms with Crippen molar-refractivity contribution in [3.05, 3.63) is 24.7 Å². The molecule has 8 nitrogen and oxygen atoms in total. The molecule has 3 aromatic rings. The highest BCUT2D eigenvalue weighted by Gasteiger charge is 2.18. The molecule has 0 bridgehead atoms. The van der Waals surface area contributed by atoms with Gasteiger partial charge in [-0.05, 0) is 32.4 Å². The number of nitrogen functional groups attached to an aromatic ring is 1. The van der Waals surface area contributed by atoms with Gasteiger partial charge in [0.1, 0.15) is 17.4 Å². The number of hydrogen-bond acceptors (Lipinski definition) is 6. The van der Waals surface area contributed by atoms with E-state index in [1.807, 2.05) is 19.4 Å². The molecule has 10 heteroatoms. The van der Waals surface area contributed by atoms with Gasteiger partial charge in [0.2, 0.25) is 5.88 Å². The van der Waals surface area contributed by atoms with Gasteiger partial charge in [0.25, 0.3) is 0 Å². The first-order chi connectivity index (χ1) is 11.7. The first-order valence-corrected chi connectivity index (χ1v) is 8.21. The zero-order valence-electron chi connectivity index (χ0n) is 14.5. The van der Waals surface area contributed by atoms with Crippen molar-refractivity contribution in [2.45, 2.75) is 25.4 Å². The molecule has 0 saturated carbocycles. The molecule has 142 valence electrons. The molecule has 1 aliphatic rings. The Morgan fingerprint density at radius 1 is 1.23 bits per heavy atom. The zero-order valence-corrected chi connectivity index (χ0v) is 16.1. The van der Waals surface area contributed by atoms with Crippen LogP contribution in [0.4, 0.5) is 5.82 Å². The summed E-state index contributed by atoms with van der Waals surface area (Å²) < 4.78 is 9.71. The second-order valence-corrected chi connectivity index (χ2v) is 6.15. The lowest BCUT2D eigenvalue weighted by molar-refractivity contribution is 0.182. The van der Waals surface area contributed by atoms with Crippen molar-refractivity contribution in [1.82, 2.24) is 29.7 Å². The molecule has 26 heavy (non-hydrogen) atoms. The topological polar surface area (TPSA) is 95.3 Å². The Kier molecular flexibility index (Phi) is 6.69. The van der Waals surface area contributed by atoms with Gasteiger partial charge in [-0.1, -0.05) is 0 Å². The van der Waals surface area contributed by atoms with Crippen LogP contribution in [0.2, 0.25) is 0 Å². The molecule has 4 heterocycles. The van der Waals surface area contributed by atoms with E-state index in [1.165, 1.54) is 0 Å². The SMILES string of the molecule is Cl.Cl.Cn1cc(-c2cn3nc(N)cc3c(O[C@@H]3CCCNCC3)n2)cn1. The van der Waals surface area contributed by atoms with Crippen molar-refractivity contribution < 1.29 is 4.74 Å². The summed E-state index contributed by atoms with van der Waals surface area (Å²) in [6, 6.07) is 1.80. The maximum atomic E-state index is 6.24. The number of nitrogens with zero attached hydrogens (tertiary/aromatic N) is 5. The lowest BCUT2D eigenvalue weighted by Gasteiger charge is -2.17. The number of halogens is 2. The van der Waals surface area contributed by atoms with E-state index < -0.39 is 0 Å². The van der Waals surface area contributed by atoms with Crippen LogP contribution in [-0.4, -0.2) is 43.6 Å². The molecule has 0 aromatic carbocycles. The van der Waals surface area contributed by atoms with Crippen molar-refractivity contribution in [3.63, 3.8) is 0 Å². The molecule has 4 rings (SSSR count). The summed E-state index contributed by atoms with van der Waals surface area (Å²) in [4.78, 5) is 4.71. The Morgan fingerprint density at radius 2 is 2.08 bits per heavy atom. The van der Waals surface area contributed by atoms with Crippen LogP contribution in [0.25, 0.3) is 16.8 Å². The Labute approximate surface area is 163 Å². The largest absolute Gasteiger partial charge is 0.473 e. The minimum atomic E-state index is 0. The number of anilines is 1. The molecular formula is C16H23Cl2N7O. The Hall–Kier alpha value is -2.03. The minimum absolute atomic E-state index is 0. The molecule has 0 spiro atoms. The number of nitrogens with one attached hydrogen (secondary N) is 1. The second-order valence-electron chi connectivity index (χ2n) is 6.15. The van der Waals surface area contributed by atoms with Gasteiger partial charge in [0, 0.05) is 24.9 Å². The second kappa shape index (κ2) is 8.57. The summed E-state index contributed by atoms with van der Waals surface area (Å²) in [5, 5.41) is 11.9. The van der Waals surface area contributed by atoms with E-state index in [9.17, 15) is 0 Å². The quantitative estimate of drug-likeness (QED) is 0.699. The molecule has 1 fully saturated rings. The van der Waals surface area contributed by atoms with Gasteiger partial charge in [0.15, 0.2) is 0 Å². The molecule has 0 unspecified atom stereocenters. The standard InChI is InChI=1S/C16H21N7O.2ClH/c1-22-9-11(8-19-22)13-10-23-14(7-15(17)21-23)16(20-13)24-12-3-2-5-18-6-4-12;;/h7-10,12,18H,2-6H2,1H3,(H2,17,21);2*1H/t12-;;/m1../s1. The number of aromatic nitrogens is 5. The summed E-state index contributed by atoms with van der Waals surface area (Å²) in [7, 11) is 1.88. The smallest absolute Gasteiger partial charge is 0.241 e. The van der Waals surface area contributed by atoms with Crippen molar-refractivity contribution >= 4 is 36.1 Å². The van der Waals surface area contributed by atoms with Gasteiger partial charge in [-0.3, -0.25) is 4.68 Å². The fraction of sp³-hybridized carbons (Fsp3) is 0.438. The van der Waals surface area contributed by atoms with Crippen LogP contribution in [0.15, 0.2) is 24.7 Å². The Balaban J connectivity index is 0.00000121. The summed E-state index contributed by atoms with van der Waals surface area (Å²) in [5.41, 5.74) is 8.34. The molecule has 0 amide bonds. The van der Waals surface area contributed by atoms with Crippen molar-refractivity contribution in [3.8, 4) is 17.1 Å². The number of hydrogen-bond donors (Lipinski definition) is 2. The highest BCUT2D eigenvalue weighted by molar-refractivity contribution is 5.85. The Morgan fingerprint density at radius 3 is 2.85 bits per heavy atom. The monoisotopic (exact) mass is 399 g/mol. The number of fused-ring (bicyclic) bond motifs is 1.